The summed E-state index contributed by atoms with van der Waals surface area (Å²) < 4.78 is 10.8. The van der Waals surface area contributed by atoms with Crippen molar-refractivity contribution in [1.82, 2.24) is 5.32 Å². The highest BCUT2D eigenvalue weighted by molar-refractivity contribution is 7.84. The van der Waals surface area contributed by atoms with E-state index in [9.17, 15) is 19.1 Å². The van der Waals surface area contributed by atoms with Crippen molar-refractivity contribution in [2.45, 2.75) is 0 Å². The normalized spacial score (nSPS) is 11.8. The van der Waals surface area contributed by atoms with Gasteiger partial charge in [0.25, 0.3) is 11.6 Å². The Hall–Kier alpha value is -1.96. The zero-order chi connectivity index (χ0) is 13.7. The van der Waals surface area contributed by atoms with Gasteiger partial charge in [0.15, 0.2) is 0 Å². The van der Waals surface area contributed by atoms with Gasteiger partial charge < -0.3 is 11.1 Å². The molecule has 1 amide bonds. The molecule has 1 aromatic carbocycles. The van der Waals surface area contributed by atoms with Crippen LogP contribution >= 0.6 is 0 Å². The number of carbonyl (C=O) groups is 1. The number of nitrogen functional groups attached to an aromatic ring is 1. The van der Waals surface area contributed by atoms with Crippen molar-refractivity contribution in [3.63, 3.8) is 0 Å². The van der Waals surface area contributed by atoms with E-state index in [0.29, 0.717) is 5.75 Å². The highest BCUT2D eigenvalue weighted by atomic mass is 32.2. The maximum Gasteiger partial charge on any atom is 0.292 e. The number of rotatable bonds is 5. The molecule has 1 aromatic rings. The summed E-state index contributed by atoms with van der Waals surface area (Å²) in [6, 6.07) is 3.83. The van der Waals surface area contributed by atoms with E-state index in [2.05, 4.69) is 5.32 Å². The van der Waals surface area contributed by atoms with Crippen LogP contribution in [0.25, 0.3) is 0 Å². The first-order valence-electron chi connectivity index (χ1n) is 5.04. The second-order valence-electron chi connectivity index (χ2n) is 3.56. The van der Waals surface area contributed by atoms with E-state index < -0.39 is 21.6 Å². The molecule has 0 saturated carbocycles. The predicted molar refractivity (Wildman–Crippen MR) is 68.8 cm³/mol. The first-order chi connectivity index (χ1) is 8.41. The van der Waals surface area contributed by atoms with E-state index in [1.54, 1.807) is 0 Å². The van der Waals surface area contributed by atoms with Gasteiger partial charge in [-0.1, -0.05) is 0 Å². The first kappa shape index (κ1) is 14.1. The number of amides is 1. The highest BCUT2D eigenvalue weighted by Gasteiger charge is 2.15. The molecular weight excluding hydrogens is 258 g/mol. The number of anilines is 1. The highest BCUT2D eigenvalue weighted by Crippen LogP contribution is 2.22. The number of nitro benzene ring substituents is 1. The van der Waals surface area contributed by atoms with Gasteiger partial charge in [-0.25, -0.2) is 0 Å². The molecule has 0 radical (unpaired) electrons. The zero-order valence-electron chi connectivity index (χ0n) is 9.71. The molecule has 0 aliphatic carbocycles. The van der Waals surface area contributed by atoms with Crippen molar-refractivity contribution in [3.8, 4) is 0 Å². The van der Waals surface area contributed by atoms with E-state index in [4.69, 9.17) is 5.73 Å². The molecule has 0 aliphatic heterocycles. The van der Waals surface area contributed by atoms with Crippen molar-refractivity contribution < 1.29 is 13.9 Å². The molecule has 3 N–H and O–H groups in total. The Morgan fingerprint density at radius 3 is 2.78 bits per heavy atom. The summed E-state index contributed by atoms with van der Waals surface area (Å²) in [7, 11) is -0.997. The molecule has 1 rings (SSSR count). The molecule has 0 spiro atoms. The van der Waals surface area contributed by atoms with Crippen molar-refractivity contribution in [2.24, 2.45) is 0 Å². The van der Waals surface area contributed by atoms with Crippen LogP contribution in [0.15, 0.2) is 18.2 Å². The average Bonchev–Trinajstić information content (AvgIpc) is 2.28. The Labute approximate surface area is 106 Å². The Morgan fingerprint density at radius 1 is 1.56 bits per heavy atom. The topological polar surface area (TPSA) is 115 Å². The monoisotopic (exact) mass is 271 g/mol. The number of nitro groups is 1. The lowest BCUT2D eigenvalue weighted by Crippen LogP contribution is -2.27. The van der Waals surface area contributed by atoms with Crippen LogP contribution in [-0.4, -0.2) is 33.6 Å². The average molecular weight is 271 g/mol. The summed E-state index contributed by atoms with van der Waals surface area (Å²) in [5, 5.41) is 13.2. The number of hydrogen-bond donors (Lipinski definition) is 2. The molecule has 18 heavy (non-hydrogen) atoms. The van der Waals surface area contributed by atoms with Crippen LogP contribution in [0, 0.1) is 10.1 Å². The number of hydrogen-bond acceptors (Lipinski definition) is 5. The fraction of sp³-hybridized carbons (Fsp3) is 0.300. The lowest BCUT2D eigenvalue weighted by Gasteiger charge is -2.04. The summed E-state index contributed by atoms with van der Waals surface area (Å²) in [6.45, 7) is 0.250. The van der Waals surface area contributed by atoms with Crippen molar-refractivity contribution in [3.05, 3.63) is 33.9 Å². The summed E-state index contributed by atoms with van der Waals surface area (Å²) in [5.74, 6) is -0.119. The minimum atomic E-state index is -0.997. The van der Waals surface area contributed by atoms with Gasteiger partial charge in [0.1, 0.15) is 5.69 Å². The fourth-order valence-corrected chi connectivity index (χ4v) is 1.64. The smallest absolute Gasteiger partial charge is 0.292 e. The largest absolute Gasteiger partial charge is 0.393 e. The van der Waals surface area contributed by atoms with Crippen molar-refractivity contribution in [2.75, 3.05) is 24.3 Å². The summed E-state index contributed by atoms with van der Waals surface area (Å²) in [6.07, 6.45) is 1.53. The molecule has 0 aromatic heterocycles. The molecular formula is C10H13N3O4S. The van der Waals surface area contributed by atoms with E-state index in [-0.39, 0.29) is 23.5 Å². The fourth-order valence-electron chi connectivity index (χ4n) is 1.25. The van der Waals surface area contributed by atoms with Crippen LogP contribution in [-0.2, 0) is 10.8 Å². The molecule has 8 heteroatoms. The van der Waals surface area contributed by atoms with Crippen LogP contribution in [0.1, 0.15) is 10.4 Å². The van der Waals surface area contributed by atoms with Crippen LogP contribution in [0.3, 0.4) is 0 Å². The van der Waals surface area contributed by atoms with Gasteiger partial charge in [-0.05, 0) is 12.1 Å². The van der Waals surface area contributed by atoms with Gasteiger partial charge in [0.05, 0.1) is 4.92 Å². The molecule has 0 saturated heterocycles. The van der Waals surface area contributed by atoms with Crippen molar-refractivity contribution >= 4 is 28.1 Å². The number of benzene rings is 1. The third-order valence-corrected chi connectivity index (χ3v) is 2.94. The molecule has 0 heterocycles. The Kier molecular flexibility index (Phi) is 4.78. The van der Waals surface area contributed by atoms with E-state index in [0.717, 1.165) is 6.07 Å². The Balaban J connectivity index is 2.77. The van der Waals surface area contributed by atoms with Crippen LogP contribution < -0.4 is 11.1 Å². The SMILES string of the molecule is CS(=O)CCNC(=O)c1ccc(N)c([N+](=O)[O-])c1. The second-order valence-corrected chi connectivity index (χ2v) is 5.12. The lowest BCUT2D eigenvalue weighted by atomic mass is 10.1. The maximum atomic E-state index is 11.6. The molecule has 98 valence electrons. The van der Waals surface area contributed by atoms with Gasteiger partial charge in [0.2, 0.25) is 0 Å². The molecule has 0 aliphatic rings. The maximum absolute atomic E-state index is 11.6. The lowest BCUT2D eigenvalue weighted by molar-refractivity contribution is -0.383. The van der Waals surface area contributed by atoms with E-state index in [1.165, 1.54) is 18.4 Å². The third-order valence-electron chi connectivity index (χ3n) is 2.16. The van der Waals surface area contributed by atoms with Crippen LogP contribution in [0.5, 0.6) is 0 Å². The van der Waals surface area contributed by atoms with Gasteiger partial charge >= 0.3 is 0 Å². The zero-order valence-corrected chi connectivity index (χ0v) is 10.5. The van der Waals surface area contributed by atoms with E-state index >= 15 is 0 Å². The number of nitrogens with two attached hydrogens (primary N) is 1. The first-order valence-corrected chi connectivity index (χ1v) is 6.76. The second kappa shape index (κ2) is 6.10. The molecule has 1 atom stereocenters. The van der Waals surface area contributed by atoms with Gasteiger partial charge in [-0.3, -0.25) is 19.1 Å². The van der Waals surface area contributed by atoms with Crippen LogP contribution in [0.2, 0.25) is 0 Å². The van der Waals surface area contributed by atoms with Crippen molar-refractivity contribution in [1.29, 1.82) is 0 Å². The van der Waals surface area contributed by atoms with Gasteiger partial charge in [0, 0.05) is 41.0 Å². The predicted octanol–water partition coefficient (Wildman–Crippen LogP) is 0.285. The molecule has 0 bridgehead atoms. The molecule has 0 fully saturated rings. The molecule has 1 unspecified atom stereocenters. The quantitative estimate of drug-likeness (QED) is 0.453. The Bertz CT molecular complexity index is 504. The standard InChI is InChI=1S/C10H13N3O4S/c1-18(17)5-4-12-10(14)7-2-3-8(11)9(6-7)13(15)16/h2-3,6H,4-5,11H2,1H3,(H,12,14). The number of nitrogens with zero attached hydrogens (tertiary/aromatic N) is 1. The van der Waals surface area contributed by atoms with E-state index in [1.807, 2.05) is 0 Å². The van der Waals surface area contributed by atoms with Crippen LogP contribution in [0.4, 0.5) is 11.4 Å². The number of nitrogens with one attached hydrogen (secondary N) is 1. The minimum Gasteiger partial charge on any atom is -0.393 e. The summed E-state index contributed by atoms with van der Waals surface area (Å²) in [5.41, 5.74) is 5.27. The number of carbonyl (C=O) groups excluding carboxylic acids is 1. The Morgan fingerprint density at radius 2 is 2.22 bits per heavy atom. The minimum absolute atomic E-state index is 0.00575. The summed E-state index contributed by atoms with van der Waals surface area (Å²) in [4.78, 5) is 21.6. The van der Waals surface area contributed by atoms with Gasteiger partial charge in [-0.2, -0.15) is 0 Å². The third kappa shape index (κ3) is 3.81. The molecule has 7 nitrogen and oxygen atoms in total. The summed E-state index contributed by atoms with van der Waals surface area (Å²) >= 11 is 0. The van der Waals surface area contributed by atoms with Gasteiger partial charge in [-0.15, -0.1) is 0 Å².